The highest BCUT2D eigenvalue weighted by molar-refractivity contribution is 6.30. The van der Waals surface area contributed by atoms with Crippen LogP contribution < -0.4 is 10.6 Å². The summed E-state index contributed by atoms with van der Waals surface area (Å²) in [4.78, 5) is 32.2. The monoisotopic (exact) mass is 400 g/mol. The molecule has 146 valence electrons. The molecular weight excluding hydrogens is 380 g/mol. The number of nitrogens with zero attached hydrogens (tertiary/aromatic N) is 1. The van der Waals surface area contributed by atoms with E-state index >= 15 is 0 Å². The van der Waals surface area contributed by atoms with E-state index in [9.17, 15) is 9.59 Å². The Morgan fingerprint density at radius 1 is 1.21 bits per heavy atom. The molecule has 28 heavy (non-hydrogen) atoms. The minimum Gasteiger partial charge on any atom is -0.396 e. The van der Waals surface area contributed by atoms with Gasteiger partial charge < -0.3 is 20.7 Å². The van der Waals surface area contributed by atoms with E-state index in [4.69, 9.17) is 16.7 Å². The van der Waals surface area contributed by atoms with Gasteiger partial charge >= 0.3 is 0 Å². The molecule has 0 aliphatic carbocycles. The Morgan fingerprint density at radius 2 is 2.00 bits per heavy atom. The number of hydrogen-bond acceptors (Lipinski definition) is 4. The second-order valence-electron chi connectivity index (χ2n) is 6.36. The zero-order valence-electron chi connectivity index (χ0n) is 15.1. The largest absolute Gasteiger partial charge is 0.396 e. The zero-order chi connectivity index (χ0) is 19.9. The number of aliphatic hydroxyl groups excluding tert-OH is 1. The van der Waals surface area contributed by atoms with Crippen molar-refractivity contribution in [1.29, 1.82) is 0 Å². The van der Waals surface area contributed by atoms with E-state index in [1.165, 1.54) is 0 Å². The first-order valence-electron chi connectivity index (χ1n) is 8.94. The number of carbonyl (C=O) groups is 2. The number of nitrogens with one attached hydrogen (secondary N) is 3. The van der Waals surface area contributed by atoms with Crippen LogP contribution in [0.1, 0.15) is 22.5 Å². The van der Waals surface area contributed by atoms with Crippen molar-refractivity contribution in [2.24, 2.45) is 0 Å². The number of carbonyl (C=O) groups excluding carboxylic acids is 2. The molecule has 0 unspecified atom stereocenters. The van der Waals surface area contributed by atoms with E-state index in [0.717, 1.165) is 10.9 Å². The Kier molecular flexibility index (Phi) is 6.62. The summed E-state index contributed by atoms with van der Waals surface area (Å²) in [6.07, 6.45) is 2.36. The molecule has 0 radical (unpaired) electrons. The summed E-state index contributed by atoms with van der Waals surface area (Å²) >= 11 is 5.89. The third-order valence-electron chi connectivity index (χ3n) is 4.25. The molecule has 4 N–H and O–H groups in total. The molecule has 0 saturated carbocycles. The van der Waals surface area contributed by atoms with Crippen molar-refractivity contribution in [3.05, 3.63) is 65.1 Å². The van der Waals surface area contributed by atoms with Gasteiger partial charge in [-0.2, -0.15) is 0 Å². The summed E-state index contributed by atoms with van der Waals surface area (Å²) < 4.78 is 0. The van der Waals surface area contributed by atoms with Gasteiger partial charge in [-0.1, -0.05) is 41.9 Å². The highest BCUT2D eigenvalue weighted by atomic mass is 35.5. The summed E-state index contributed by atoms with van der Waals surface area (Å²) in [5.74, 6) is -0.697. The van der Waals surface area contributed by atoms with Crippen LogP contribution >= 0.6 is 11.6 Å². The minimum atomic E-state index is -0.748. The fourth-order valence-corrected chi connectivity index (χ4v) is 3.00. The topological polar surface area (TPSA) is 107 Å². The van der Waals surface area contributed by atoms with Gasteiger partial charge in [0, 0.05) is 25.0 Å². The molecule has 0 aliphatic rings. The van der Waals surface area contributed by atoms with Crippen molar-refractivity contribution in [2.75, 3.05) is 13.2 Å². The van der Waals surface area contributed by atoms with Crippen molar-refractivity contribution < 1.29 is 14.7 Å². The molecule has 1 aromatic carbocycles. The predicted octanol–water partition coefficient (Wildman–Crippen LogP) is 2.06. The Balaban J connectivity index is 1.76. The van der Waals surface area contributed by atoms with Gasteiger partial charge in [0.1, 0.15) is 16.9 Å². The van der Waals surface area contributed by atoms with Crippen molar-refractivity contribution in [1.82, 2.24) is 20.6 Å². The van der Waals surface area contributed by atoms with Crippen LogP contribution in [0.15, 0.2) is 48.7 Å². The Morgan fingerprint density at radius 3 is 2.75 bits per heavy atom. The second-order valence-corrected chi connectivity index (χ2v) is 6.75. The number of amides is 2. The fourth-order valence-electron chi connectivity index (χ4n) is 2.84. The van der Waals surface area contributed by atoms with Crippen LogP contribution in [0, 0.1) is 0 Å². The van der Waals surface area contributed by atoms with Gasteiger partial charge in [-0.25, -0.2) is 4.98 Å². The predicted molar refractivity (Wildman–Crippen MR) is 107 cm³/mol. The average molecular weight is 401 g/mol. The van der Waals surface area contributed by atoms with Gasteiger partial charge in [0.05, 0.1) is 11.7 Å². The molecule has 2 heterocycles. The van der Waals surface area contributed by atoms with Crippen LogP contribution in [-0.2, 0) is 11.2 Å². The lowest BCUT2D eigenvalue weighted by atomic mass is 10.0. The molecule has 8 heteroatoms. The maximum atomic E-state index is 12.7. The standard InChI is InChI=1S/C20H21ClN4O3/c21-18-11-14-10-16(24-17(14)12-23-18)20(28)25-15(19(27)22-7-4-8-26)9-13-5-2-1-3-6-13/h1-3,5-6,10-12,15,24,26H,4,7-9H2,(H,22,27)(H,25,28)/t15-/m0/s1. The number of rotatable bonds is 8. The summed E-state index contributed by atoms with van der Waals surface area (Å²) in [7, 11) is 0. The molecule has 3 rings (SSSR count). The van der Waals surface area contributed by atoms with E-state index in [-0.39, 0.29) is 12.5 Å². The number of hydrogen-bond donors (Lipinski definition) is 4. The Hall–Kier alpha value is -2.90. The van der Waals surface area contributed by atoms with Gasteiger partial charge in [-0.3, -0.25) is 9.59 Å². The molecule has 1 atom stereocenters. The summed E-state index contributed by atoms with van der Waals surface area (Å²) in [6, 6.07) is 12.0. The molecule has 0 saturated heterocycles. The molecule has 0 aliphatic heterocycles. The maximum absolute atomic E-state index is 12.7. The van der Waals surface area contributed by atoms with Crippen LogP contribution in [0.5, 0.6) is 0 Å². The van der Waals surface area contributed by atoms with Crippen LogP contribution in [0.4, 0.5) is 0 Å². The van der Waals surface area contributed by atoms with Crippen LogP contribution in [-0.4, -0.2) is 46.1 Å². The molecule has 0 bridgehead atoms. The van der Waals surface area contributed by atoms with Crippen molar-refractivity contribution >= 4 is 34.3 Å². The molecule has 2 amide bonds. The quantitative estimate of drug-likeness (QED) is 0.343. The SMILES string of the molecule is O=C(N[C@@H](Cc1ccccc1)C(=O)NCCCO)c1cc2cc(Cl)ncc2[nH]1. The van der Waals surface area contributed by atoms with E-state index < -0.39 is 11.9 Å². The van der Waals surface area contributed by atoms with Crippen LogP contribution in [0.2, 0.25) is 5.15 Å². The van der Waals surface area contributed by atoms with E-state index in [1.54, 1.807) is 18.3 Å². The average Bonchev–Trinajstić information content (AvgIpc) is 3.11. The van der Waals surface area contributed by atoms with Crippen molar-refractivity contribution in [3.8, 4) is 0 Å². The zero-order valence-corrected chi connectivity index (χ0v) is 15.9. The molecule has 0 spiro atoms. The highest BCUT2D eigenvalue weighted by Crippen LogP contribution is 2.18. The third kappa shape index (κ3) is 5.09. The van der Waals surface area contributed by atoms with Gasteiger partial charge in [0.2, 0.25) is 5.91 Å². The van der Waals surface area contributed by atoms with Crippen LogP contribution in [0.25, 0.3) is 10.9 Å². The number of halogens is 1. The van der Waals surface area contributed by atoms with Crippen LogP contribution in [0.3, 0.4) is 0 Å². The number of benzene rings is 1. The first kappa shape index (κ1) is 19.9. The first-order valence-corrected chi connectivity index (χ1v) is 9.32. The summed E-state index contributed by atoms with van der Waals surface area (Å²) in [5, 5.41) is 15.5. The Labute approximate surface area is 167 Å². The van der Waals surface area contributed by atoms with E-state index in [2.05, 4.69) is 20.6 Å². The molecule has 7 nitrogen and oxygen atoms in total. The number of aliphatic hydroxyl groups is 1. The maximum Gasteiger partial charge on any atom is 0.268 e. The lowest BCUT2D eigenvalue weighted by Gasteiger charge is -2.18. The number of aromatic nitrogens is 2. The number of aromatic amines is 1. The fraction of sp³-hybridized carbons (Fsp3) is 0.250. The smallest absolute Gasteiger partial charge is 0.268 e. The van der Waals surface area contributed by atoms with Gasteiger partial charge in [-0.05, 0) is 24.1 Å². The summed E-state index contributed by atoms with van der Waals surface area (Å²) in [5.41, 5.74) is 1.93. The summed E-state index contributed by atoms with van der Waals surface area (Å²) in [6.45, 7) is 0.328. The van der Waals surface area contributed by atoms with Gasteiger partial charge in [0.25, 0.3) is 5.91 Å². The highest BCUT2D eigenvalue weighted by Gasteiger charge is 2.22. The van der Waals surface area contributed by atoms with Crippen molar-refractivity contribution in [3.63, 3.8) is 0 Å². The third-order valence-corrected chi connectivity index (χ3v) is 4.46. The second kappa shape index (κ2) is 9.34. The van der Waals surface area contributed by atoms with Crippen molar-refractivity contribution in [2.45, 2.75) is 18.9 Å². The number of H-pyrrole nitrogens is 1. The van der Waals surface area contributed by atoms with Gasteiger partial charge in [0.15, 0.2) is 0 Å². The number of fused-ring (bicyclic) bond motifs is 1. The minimum absolute atomic E-state index is 0.0123. The lowest BCUT2D eigenvalue weighted by Crippen LogP contribution is -2.48. The van der Waals surface area contributed by atoms with Gasteiger partial charge in [-0.15, -0.1) is 0 Å². The first-order chi connectivity index (χ1) is 13.6. The lowest BCUT2D eigenvalue weighted by molar-refractivity contribution is -0.123. The molecule has 3 aromatic rings. The van der Waals surface area contributed by atoms with E-state index in [0.29, 0.717) is 35.8 Å². The molecular formula is C20H21ClN4O3. The normalized spacial score (nSPS) is 11.9. The number of pyridine rings is 1. The molecule has 2 aromatic heterocycles. The molecule has 0 fully saturated rings. The van der Waals surface area contributed by atoms with E-state index in [1.807, 2.05) is 30.3 Å². The Bertz CT molecular complexity index is 958.